The van der Waals surface area contributed by atoms with Gasteiger partial charge < -0.3 is 0 Å². The molecule has 2 rings (SSSR count). The molecule has 0 amide bonds. The second-order valence-corrected chi connectivity index (χ2v) is 5.27. The van der Waals surface area contributed by atoms with Crippen LogP contribution in [-0.4, -0.2) is 16.0 Å². The molecule has 0 radical (unpaired) electrons. The summed E-state index contributed by atoms with van der Waals surface area (Å²) in [7, 11) is 0. The summed E-state index contributed by atoms with van der Waals surface area (Å²) in [6, 6.07) is 9.45. The lowest BCUT2D eigenvalue weighted by Crippen LogP contribution is -2.22. The van der Waals surface area contributed by atoms with Crippen LogP contribution in [0.1, 0.15) is 5.56 Å². The fourth-order valence-electron chi connectivity index (χ4n) is 1.56. The van der Waals surface area contributed by atoms with E-state index in [1.165, 1.54) is 0 Å². The van der Waals surface area contributed by atoms with Crippen LogP contribution in [0.5, 0.6) is 0 Å². The molecule has 2 atom stereocenters. The van der Waals surface area contributed by atoms with Crippen LogP contribution in [0.4, 0.5) is 0 Å². The summed E-state index contributed by atoms with van der Waals surface area (Å²) in [5.41, 5.74) is 1.38. The third-order valence-electron chi connectivity index (χ3n) is 2.38. The Hall–Kier alpha value is -0.820. The van der Waals surface area contributed by atoms with Crippen LogP contribution in [0.25, 0.3) is 0 Å². The van der Waals surface area contributed by atoms with Gasteiger partial charge in [-0.3, -0.25) is 4.99 Å². The Labute approximate surface area is 118 Å². The number of nitriles is 1. The predicted molar refractivity (Wildman–Crippen MR) is 74.0 cm³/mol. The van der Waals surface area contributed by atoms with Crippen LogP contribution >= 0.6 is 39.1 Å². The van der Waals surface area contributed by atoms with Crippen LogP contribution in [0.3, 0.4) is 0 Å². The summed E-state index contributed by atoms with van der Waals surface area (Å²) in [5.74, 6) is 0. The molecule has 2 nitrogen and oxygen atoms in total. The molecule has 1 aliphatic heterocycles. The molecule has 0 saturated heterocycles. The number of aliphatic imine (C=N–C) groups is 1. The van der Waals surface area contributed by atoms with Crippen molar-refractivity contribution < 1.29 is 0 Å². The first-order valence-corrected chi connectivity index (χ1v) is 6.59. The van der Waals surface area contributed by atoms with Gasteiger partial charge in [-0.15, -0.1) is 0 Å². The molecule has 1 heterocycles. The summed E-state index contributed by atoms with van der Waals surface area (Å²) in [6.07, 6.45) is 1.75. The highest BCUT2D eigenvalue weighted by atomic mass is 79.9. The number of allylic oxidation sites excluding steroid dienone is 1. The number of nitrogens with zero attached hydrogens (tertiary/aromatic N) is 2. The number of rotatable bonds is 1. The number of benzene rings is 1. The fraction of sp³-hybridized carbons (Fsp3) is 0.167. The third-order valence-corrected chi connectivity index (χ3v) is 3.74. The molecule has 1 aromatic rings. The lowest BCUT2D eigenvalue weighted by Gasteiger charge is -2.19. The van der Waals surface area contributed by atoms with Crippen LogP contribution in [0, 0.1) is 11.3 Å². The lowest BCUT2D eigenvalue weighted by atomic mass is 10.0. The van der Waals surface area contributed by atoms with E-state index in [-0.39, 0.29) is 4.83 Å². The quantitative estimate of drug-likeness (QED) is 0.568. The normalized spacial score (nSPS) is 23.6. The highest BCUT2D eigenvalue weighted by molar-refractivity contribution is 9.10. The van der Waals surface area contributed by atoms with Gasteiger partial charge in [0.1, 0.15) is 0 Å². The largest absolute Gasteiger partial charge is 0.263 e. The second-order valence-electron chi connectivity index (χ2n) is 3.47. The molecule has 0 bridgehead atoms. The molecule has 0 spiro atoms. The standard InChI is InChI=1S/C12H7BrCl2N2/c13-9-5-7(6-16)12(15)17-11(9)8-3-1-2-4-10(8)14/h1-5,9,12H. The maximum absolute atomic E-state index is 8.87. The molecule has 1 aromatic carbocycles. The van der Waals surface area contributed by atoms with Gasteiger partial charge in [0.15, 0.2) is 5.50 Å². The maximum Gasteiger partial charge on any atom is 0.158 e. The van der Waals surface area contributed by atoms with Crippen molar-refractivity contribution in [1.82, 2.24) is 0 Å². The molecule has 1 aliphatic rings. The topological polar surface area (TPSA) is 36.1 Å². The first-order valence-electron chi connectivity index (χ1n) is 4.86. The Morgan fingerprint density at radius 1 is 1.35 bits per heavy atom. The SMILES string of the molecule is N#CC1=CC(Br)C(c2ccccc2Cl)=NC1Cl. The van der Waals surface area contributed by atoms with Crippen molar-refractivity contribution in [3.63, 3.8) is 0 Å². The minimum atomic E-state index is -0.639. The van der Waals surface area contributed by atoms with E-state index in [1.807, 2.05) is 24.3 Å². The zero-order valence-electron chi connectivity index (χ0n) is 8.57. The van der Waals surface area contributed by atoms with Crippen molar-refractivity contribution in [2.24, 2.45) is 4.99 Å². The highest BCUT2D eigenvalue weighted by Gasteiger charge is 2.24. The molecule has 2 unspecified atom stereocenters. The molecule has 86 valence electrons. The molecular weight excluding hydrogens is 323 g/mol. The number of halogens is 3. The van der Waals surface area contributed by atoms with Crippen LogP contribution in [0.2, 0.25) is 5.02 Å². The number of hydrogen-bond donors (Lipinski definition) is 0. The Balaban J connectivity index is 2.43. The van der Waals surface area contributed by atoms with Gasteiger partial charge >= 0.3 is 0 Å². The molecule has 0 aliphatic carbocycles. The number of dihydropyridines is 1. The Kier molecular flexibility index (Phi) is 3.88. The van der Waals surface area contributed by atoms with Crippen LogP contribution in [-0.2, 0) is 0 Å². The Bertz CT molecular complexity index is 546. The van der Waals surface area contributed by atoms with Gasteiger partial charge in [-0.2, -0.15) is 5.26 Å². The smallest absolute Gasteiger partial charge is 0.158 e. The highest BCUT2D eigenvalue weighted by Crippen LogP contribution is 2.27. The van der Waals surface area contributed by atoms with Crippen LogP contribution < -0.4 is 0 Å². The Morgan fingerprint density at radius 2 is 2.06 bits per heavy atom. The van der Waals surface area contributed by atoms with Gasteiger partial charge in [0.05, 0.1) is 22.2 Å². The lowest BCUT2D eigenvalue weighted by molar-refractivity contribution is 1.04. The monoisotopic (exact) mass is 328 g/mol. The average molecular weight is 330 g/mol. The van der Waals surface area contributed by atoms with Crippen molar-refractivity contribution in [1.29, 1.82) is 5.26 Å². The molecule has 17 heavy (non-hydrogen) atoms. The van der Waals surface area contributed by atoms with E-state index in [9.17, 15) is 0 Å². The maximum atomic E-state index is 8.87. The number of alkyl halides is 2. The predicted octanol–water partition coefficient (Wildman–Crippen LogP) is 3.92. The van der Waals surface area contributed by atoms with Gasteiger partial charge in [0, 0.05) is 10.6 Å². The summed E-state index contributed by atoms with van der Waals surface area (Å²) >= 11 is 15.6. The molecule has 5 heteroatoms. The zero-order valence-corrected chi connectivity index (χ0v) is 11.7. The van der Waals surface area contributed by atoms with E-state index in [4.69, 9.17) is 28.5 Å². The second kappa shape index (κ2) is 5.22. The summed E-state index contributed by atoms with van der Waals surface area (Å²) in [4.78, 5) is 4.16. The minimum absolute atomic E-state index is 0.146. The van der Waals surface area contributed by atoms with Gasteiger partial charge in [-0.05, 0) is 12.1 Å². The molecule has 0 N–H and O–H groups in total. The van der Waals surface area contributed by atoms with Gasteiger partial charge in [0.25, 0.3) is 0 Å². The first kappa shape index (κ1) is 12.6. The third kappa shape index (κ3) is 2.55. The Morgan fingerprint density at radius 3 is 2.71 bits per heavy atom. The molecule has 0 aromatic heterocycles. The molecular formula is C12H7BrCl2N2. The minimum Gasteiger partial charge on any atom is -0.263 e. The molecule has 0 fully saturated rings. The van der Waals surface area contributed by atoms with Crippen molar-refractivity contribution in [2.45, 2.75) is 10.3 Å². The van der Waals surface area contributed by atoms with E-state index >= 15 is 0 Å². The zero-order chi connectivity index (χ0) is 12.4. The van der Waals surface area contributed by atoms with E-state index in [0.29, 0.717) is 10.6 Å². The van der Waals surface area contributed by atoms with E-state index in [2.05, 4.69) is 20.9 Å². The van der Waals surface area contributed by atoms with Crippen molar-refractivity contribution in [3.05, 3.63) is 46.5 Å². The van der Waals surface area contributed by atoms with E-state index < -0.39 is 5.50 Å². The van der Waals surface area contributed by atoms with Gasteiger partial charge in [-0.25, -0.2) is 0 Å². The number of hydrogen-bond acceptors (Lipinski definition) is 2. The summed E-state index contributed by atoms with van der Waals surface area (Å²) in [5, 5.41) is 9.49. The van der Waals surface area contributed by atoms with Crippen molar-refractivity contribution >= 4 is 44.8 Å². The van der Waals surface area contributed by atoms with Gasteiger partial charge in [-0.1, -0.05) is 57.3 Å². The van der Waals surface area contributed by atoms with E-state index in [0.717, 1.165) is 11.3 Å². The summed E-state index contributed by atoms with van der Waals surface area (Å²) in [6.45, 7) is 0. The average Bonchev–Trinajstić information content (AvgIpc) is 2.32. The van der Waals surface area contributed by atoms with Crippen LogP contribution in [0.15, 0.2) is 40.9 Å². The van der Waals surface area contributed by atoms with Crippen molar-refractivity contribution in [3.8, 4) is 6.07 Å². The first-order chi connectivity index (χ1) is 8.13. The summed E-state index contributed by atoms with van der Waals surface area (Å²) < 4.78 is 0. The molecule has 0 saturated carbocycles. The van der Waals surface area contributed by atoms with Gasteiger partial charge in [0.2, 0.25) is 0 Å². The van der Waals surface area contributed by atoms with Crippen molar-refractivity contribution in [2.75, 3.05) is 0 Å². The van der Waals surface area contributed by atoms with E-state index in [1.54, 1.807) is 12.1 Å². The fourth-order valence-corrected chi connectivity index (χ4v) is 2.67.